The number of aromatic hydroxyl groups is 1. The van der Waals surface area contributed by atoms with Crippen LogP contribution >= 0.6 is 0 Å². The third-order valence-electron chi connectivity index (χ3n) is 5.17. The maximum Gasteiger partial charge on any atom is 0.121 e. The van der Waals surface area contributed by atoms with Crippen LogP contribution in [-0.4, -0.2) is 23.7 Å². The molecular formula is C22H23NO2. The summed E-state index contributed by atoms with van der Waals surface area (Å²) in [5, 5.41) is 12.9. The topological polar surface area (TPSA) is 32.7 Å². The van der Waals surface area contributed by atoms with Crippen LogP contribution in [0.15, 0.2) is 60.7 Å². The second-order valence-electron chi connectivity index (χ2n) is 6.70. The third-order valence-corrected chi connectivity index (χ3v) is 5.17. The SMILES string of the molecule is COc1ccc2ccc(O)c(C3CCCN3Cc3ccccc3)c2c1. The third kappa shape index (κ3) is 3.08. The summed E-state index contributed by atoms with van der Waals surface area (Å²) in [7, 11) is 1.68. The van der Waals surface area contributed by atoms with Crippen LogP contribution in [0.5, 0.6) is 11.5 Å². The summed E-state index contributed by atoms with van der Waals surface area (Å²) in [4.78, 5) is 2.48. The van der Waals surface area contributed by atoms with E-state index in [0.717, 1.165) is 48.0 Å². The van der Waals surface area contributed by atoms with E-state index in [-0.39, 0.29) is 6.04 Å². The lowest BCUT2D eigenvalue weighted by Gasteiger charge is -2.27. The highest BCUT2D eigenvalue weighted by molar-refractivity contribution is 5.89. The predicted molar refractivity (Wildman–Crippen MR) is 101 cm³/mol. The normalized spacial score (nSPS) is 17.9. The van der Waals surface area contributed by atoms with Gasteiger partial charge >= 0.3 is 0 Å². The van der Waals surface area contributed by atoms with Gasteiger partial charge in [0.1, 0.15) is 11.5 Å². The molecule has 1 heterocycles. The van der Waals surface area contributed by atoms with Gasteiger partial charge in [-0.25, -0.2) is 0 Å². The summed E-state index contributed by atoms with van der Waals surface area (Å²) in [6.45, 7) is 1.96. The predicted octanol–water partition coefficient (Wildman–Crippen LogP) is 4.89. The van der Waals surface area contributed by atoms with Gasteiger partial charge in [0, 0.05) is 18.2 Å². The van der Waals surface area contributed by atoms with E-state index in [9.17, 15) is 5.11 Å². The molecule has 0 spiro atoms. The number of benzene rings is 3. The van der Waals surface area contributed by atoms with E-state index in [1.807, 2.05) is 30.3 Å². The summed E-state index contributed by atoms with van der Waals surface area (Å²) in [5.41, 5.74) is 2.34. The lowest BCUT2D eigenvalue weighted by Crippen LogP contribution is -2.23. The Bertz CT molecular complexity index is 876. The van der Waals surface area contributed by atoms with Crippen LogP contribution in [0.25, 0.3) is 10.8 Å². The molecule has 1 atom stereocenters. The molecular weight excluding hydrogens is 310 g/mol. The minimum Gasteiger partial charge on any atom is -0.508 e. The van der Waals surface area contributed by atoms with Crippen molar-refractivity contribution in [3.63, 3.8) is 0 Å². The fourth-order valence-corrected chi connectivity index (χ4v) is 3.95. The van der Waals surface area contributed by atoms with Gasteiger partial charge in [0.25, 0.3) is 0 Å². The fraction of sp³-hybridized carbons (Fsp3) is 0.273. The largest absolute Gasteiger partial charge is 0.508 e. The van der Waals surface area contributed by atoms with Crippen LogP contribution in [0.2, 0.25) is 0 Å². The lowest BCUT2D eigenvalue weighted by atomic mass is 9.95. The van der Waals surface area contributed by atoms with Gasteiger partial charge in [-0.15, -0.1) is 0 Å². The second-order valence-corrected chi connectivity index (χ2v) is 6.70. The number of methoxy groups -OCH3 is 1. The molecule has 1 aliphatic rings. The standard InChI is InChI=1S/C22H23NO2/c1-25-18-11-9-17-10-12-21(24)22(19(17)14-18)20-8-5-13-23(20)15-16-6-3-2-4-7-16/h2-4,6-7,9-12,14,20,24H,5,8,13,15H2,1H3. The molecule has 0 bridgehead atoms. The van der Waals surface area contributed by atoms with Gasteiger partial charge in [-0.3, -0.25) is 4.90 Å². The highest BCUT2D eigenvalue weighted by Crippen LogP contribution is 2.42. The first-order valence-corrected chi connectivity index (χ1v) is 8.84. The summed E-state index contributed by atoms with van der Waals surface area (Å²) in [6, 6.07) is 20.7. The number of fused-ring (bicyclic) bond motifs is 1. The minimum atomic E-state index is 0.232. The Morgan fingerprint density at radius 2 is 1.88 bits per heavy atom. The van der Waals surface area contributed by atoms with Crippen LogP contribution in [-0.2, 0) is 6.54 Å². The van der Waals surface area contributed by atoms with E-state index in [2.05, 4.69) is 35.2 Å². The molecule has 1 saturated heterocycles. The molecule has 0 aromatic heterocycles. The Kier molecular flexibility index (Phi) is 4.33. The lowest BCUT2D eigenvalue weighted by molar-refractivity contribution is 0.245. The zero-order valence-electron chi connectivity index (χ0n) is 14.5. The molecule has 3 nitrogen and oxygen atoms in total. The second kappa shape index (κ2) is 6.77. The Labute approximate surface area is 148 Å². The molecule has 25 heavy (non-hydrogen) atoms. The van der Waals surface area contributed by atoms with Crippen LogP contribution in [0.1, 0.15) is 30.0 Å². The highest BCUT2D eigenvalue weighted by atomic mass is 16.5. The Morgan fingerprint density at radius 1 is 1.08 bits per heavy atom. The minimum absolute atomic E-state index is 0.232. The van der Waals surface area contributed by atoms with Crippen LogP contribution < -0.4 is 4.74 Å². The van der Waals surface area contributed by atoms with E-state index in [0.29, 0.717) is 5.75 Å². The van der Waals surface area contributed by atoms with E-state index >= 15 is 0 Å². The van der Waals surface area contributed by atoms with Crippen molar-refractivity contribution in [2.24, 2.45) is 0 Å². The molecule has 0 amide bonds. The highest BCUT2D eigenvalue weighted by Gasteiger charge is 2.29. The molecule has 1 aliphatic heterocycles. The van der Waals surface area contributed by atoms with Crippen molar-refractivity contribution < 1.29 is 9.84 Å². The van der Waals surface area contributed by atoms with Crippen molar-refractivity contribution >= 4 is 10.8 Å². The molecule has 1 fully saturated rings. The van der Waals surface area contributed by atoms with Crippen molar-refractivity contribution in [3.8, 4) is 11.5 Å². The summed E-state index contributed by atoms with van der Waals surface area (Å²) in [6.07, 6.45) is 2.22. The van der Waals surface area contributed by atoms with Gasteiger partial charge in [-0.2, -0.15) is 0 Å². The van der Waals surface area contributed by atoms with Crippen molar-refractivity contribution in [1.82, 2.24) is 4.90 Å². The Balaban J connectivity index is 1.75. The Morgan fingerprint density at radius 3 is 2.68 bits per heavy atom. The molecule has 1 unspecified atom stereocenters. The van der Waals surface area contributed by atoms with Crippen molar-refractivity contribution in [1.29, 1.82) is 0 Å². The van der Waals surface area contributed by atoms with Gasteiger partial charge in [-0.1, -0.05) is 42.5 Å². The molecule has 3 aromatic rings. The van der Waals surface area contributed by atoms with Crippen molar-refractivity contribution in [2.45, 2.75) is 25.4 Å². The number of hydrogen-bond donors (Lipinski definition) is 1. The maximum absolute atomic E-state index is 10.6. The maximum atomic E-state index is 10.6. The molecule has 128 valence electrons. The van der Waals surface area contributed by atoms with Crippen molar-refractivity contribution in [3.05, 3.63) is 71.8 Å². The van der Waals surface area contributed by atoms with Crippen LogP contribution in [0.3, 0.4) is 0 Å². The van der Waals surface area contributed by atoms with Crippen molar-refractivity contribution in [2.75, 3.05) is 13.7 Å². The van der Waals surface area contributed by atoms with E-state index in [4.69, 9.17) is 4.74 Å². The zero-order valence-corrected chi connectivity index (χ0v) is 14.5. The number of rotatable bonds is 4. The summed E-state index contributed by atoms with van der Waals surface area (Å²) in [5.74, 6) is 1.21. The average Bonchev–Trinajstić information content (AvgIpc) is 3.09. The molecule has 0 radical (unpaired) electrons. The zero-order chi connectivity index (χ0) is 17.2. The number of nitrogens with zero attached hydrogens (tertiary/aromatic N) is 1. The fourth-order valence-electron chi connectivity index (χ4n) is 3.95. The molecule has 3 aromatic carbocycles. The Hall–Kier alpha value is -2.52. The van der Waals surface area contributed by atoms with Gasteiger partial charge in [-0.05, 0) is 53.9 Å². The number of likely N-dealkylation sites (tertiary alicyclic amines) is 1. The molecule has 4 rings (SSSR count). The van der Waals surface area contributed by atoms with Gasteiger partial charge in [0.05, 0.1) is 7.11 Å². The van der Waals surface area contributed by atoms with Gasteiger partial charge in [0.15, 0.2) is 0 Å². The van der Waals surface area contributed by atoms with Gasteiger partial charge < -0.3 is 9.84 Å². The summed E-state index contributed by atoms with van der Waals surface area (Å²) < 4.78 is 5.41. The van der Waals surface area contributed by atoms with Crippen LogP contribution in [0.4, 0.5) is 0 Å². The van der Waals surface area contributed by atoms with E-state index < -0.39 is 0 Å². The molecule has 1 N–H and O–H groups in total. The number of hydrogen-bond acceptors (Lipinski definition) is 3. The molecule has 0 saturated carbocycles. The van der Waals surface area contributed by atoms with E-state index in [1.165, 1.54) is 5.56 Å². The molecule has 3 heteroatoms. The number of phenols is 1. The number of ether oxygens (including phenoxy) is 1. The van der Waals surface area contributed by atoms with E-state index in [1.54, 1.807) is 7.11 Å². The average molecular weight is 333 g/mol. The monoisotopic (exact) mass is 333 g/mol. The summed E-state index contributed by atoms with van der Waals surface area (Å²) >= 11 is 0. The van der Waals surface area contributed by atoms with Gasteiger partial charge in [0.2, 0.25) is 0 Å². The smallest absolute Gasteiger partial charge is 0.121 e. The number of phenolic OH excluding ortho intramolecular Hbond substituents is 1. The first kappa shape index (κ1) is 16.0. The first-order chi connectivity index (χ1) is 12.3. The van der Waals surface area contributed by atoms with Crippen LogP contribution in [0, 0.1) is 0 Å². The molecule has 0 aliphatic carbocycles. The first-order valence-electron chi connectivity index (χ1n) is 8.84. The quantitative estimate of drug-likeness (QED) is 0.738.